The third-order valence-corrected chi connectivity index (χ3v) is 1.06. The SMILES string of the molecule is Nc1n[nH]c(-c2nn[nH]n2)n1. The Hall–Kier alpha value is -1.99. The summed E-state index contributed by atoms with van der Waals surface area (Å²) >= 11 is 0. The highest BCUT2D eigenvalue weighted by atomic mass is 15.5. The van der Waals surface area contributed by atoms with Gasteiger partial charge < -0.3 is 5.73 Å². The van der Waals surface area contributed by atoms with Crippen molar-refractivity contribution < 1.29 is 0 Å². The molecule has 0 spiro atoms. The summed E-state index contributed by atoms with van der Waals surface area (Å²) in [7, 11) is 0. The van der Waals surface area contributed by atoms with E-state index in [1.54, 1.807) is 0 Å². The third kappa shape index (κ3) is 0.892. The van der Waals surface area contributed by atoms with Crippen LogP contribution in [0.4, 0.5) is 5.95 Å². The number of nitrogen functional groups attached to an aromatic ring is 1. The Balaban J connectivity index is 2.45. The van der Waals surface area contributed by atoms with Crippen molar-refractivity contribution in [3.63, 3.8) is 0 Å². The van der Waals surface area contributed by atoms with Crippen molar-refractivity contribution in [1.82, 2.24) is 35.8 Å². The largest absolute Gasteiger partial charge is 0.366 e. The second-order valence-electron chi connectivity index (χ2n) is 1.78. The summed E-state index contributed by atoms with van der Waals surface area (Å²) < 4.78 is 0. The number of aromatic amines is 2. The summed E-state index contributed by atoms with van der Waals surface area (Å²) in [6.45, 7) is 0. The van der Waals surface area contributed by atoms with Gasteiger partial charge in [0, 0.05) is 0 Å². The van der Waals surface area contributed by atoms with Crippen molar-refractivity contribution >= 4 is 5.95 Å². The van der Waals surface area contributed by atoms with E-state index in [1.807, 2.05) is 0 Å². The lowest BCUT2D eigenvalue weighted by Crippen LogP contribution is -1.86. The van der Waals surface area contributed by atoms with E-state index < -0.39 is 0 Å². The first-order valence-electron chi connectivity index (χ1n) is 2.78. The van der Waals surface area contributed by atoms with Gasteiger partial charge in [0.15, 0.2) is 5.82 Å². The van der Waals surface area contributed by atoms with Gasteiger partial charge in [0.25, 0.3) is 0 Å². The van der Waals surface area contributed by atoms with Crippen molar-refractivity contribution in [3.8, 4) is 11.6 Å². The van der Waals surface area contributed by atoms with E-state index in [2.05, 4.69) is 35.8 Å². The maximum absolute atomic E-state index is 5.25. The maximum Gasteiger partial charge on any atom is 0.241 e. The van der Waals surface area contributed by atoms with Gasteiger partial charge in [-0.25, -0.2) is 0 Å². The minimum atomic E-state index is 0.157. The molecule has 56 valence electrons. The van der Waals surface area contributed by atoms with E-state index in [4.69, 9.17) is 5.73 Å². The molecule has 0 bridgehead atoms. The lowest BCUT2D eigenvalue weighted by Gasteiger charge is -1.78. The van der Waals surface area contributed by atoms with Gasteiger partial charge in [-0.2, -0.15) is 10.2 Å². The Kier molecular flexibility index (Phi) is 1.05. The van der Waals surface area contributed by atoms with Crippen LogP contribution in [-0.4, -0.2) is 35.8 Å². The minimum Gasteiger partial charge on any atom is -0.366 e. The van der Waals surface area contributed by atoms with Gasteiger partial charge in [-0.05, 0) is 5.21 Å². The highest BCUT2D eigenvalue weighted by molar-refractivity contribution is 5.42. The summed E-state index contributed by atoms with van der Waals surface area (Å²) in [4.78, 5) is 3.78. The van der Waals surface area contributed by atoms with Crippen molar-refractivity contribution in [2.45, 2.75) is 0 Å². The van der Waals surface area contributed by atoms with Gasteiger partial charge in [-0.3, -0.25) is 5.10 Å². The molecule has 2 aromatic rings. The average Bonchev–Trinajstić information content (AvgIpc) is 2.55. The van der Waals surface area contributed by atoms with E-state index in [9.17, 15) is 0 Å². The lowest BCUT2D eigenvalue weighted by atomic mass is 10.6. The third-order valence-electron chi connectivity index (χ3n) is 1.06. The van der Waals surface area contributed by atoms with Crippen LogP contribution in [0.2, 0.25) is 0 Å². The minimum absolute atomic E-state index is 0.157. The molecule has 0 aliphatic rings. The lowest BCUT2D eigenvalue weighted by molar-refractivity contribution is 0.881. The molecular formula is C3H4N8. The molecule has 2 heterocycles. The molecular weight excluding hydrogens is 148 g/mol. The van der Waals surface area contributed by atoms with E-state index in [-0.39, 0.29) is 5.95 Å². The second kappa shape index (κ2) is 2.01. The fraction of sp³-hybridized carbons (Fsp3) is 0. The molecule has 0 radical (unpaired) electrons. The van der Waals surface area contributed by atoms with Gasteiger partial charge in [-0.1, -0.05) is 0 Å². The fourth-order valence-electron chi connectivity index (χ4n) is 0.637. The normalized spacial score (nSPS) is 10.2. The molecule has 8 nitrogen and oxygen atoms in total. The Morgan fingerprint density at radius 2 is 2.18 bits per heavy atom. The number of hydrogen-bond donors (Lipinski definition) is 3. The average molecular weight is 152 g/mol. The van der Waals surface area contributed by atoms with Gasteiger partial charge in [0.2, 0.25) is 11.8 Å². The molecule has 2 aromatic heterocycles. The zero-order chi connectivity index (χ0) is 7.68. The number of nitrogens with zero attached hydrogens (tertiary/aromatic N) is 5. The topological polar surface area (TPSA) is 122 Å². The molecule has 4 N–H and O–H groups in total. The standard InChI is InChI=1S/C3H4N8/c4-3-5-1(6-9-3)2-7-10-11-8-2/h(H3,4,5,6,9)(H,7,8,10,11). The van der Waals surface area contributed by atoms with Gasteiger partial charge in [-0.15, -0.1) is 15.3 Å². The van der Waals surface area contributed by atoms with Crippen LogP contribution in [0.25, 0.3) is 11.6 Å². The van der Waals surface area contributed by atoms with E-state index in [0.29, 0.717) is 11.6 Å². The number of anilines is 1. The van der Waals surface area contributed by atoms with Crippen molar-refractivity contribution in [1.29, 1.82) is 0 Å². The summed E-state index contributed by atoms with van der Waals surface area (Å²) in [5.41, 5.74) is 5.25. The molecule has 0 fully saturated rings. The molecule has 0 aliphatic carbocycles. The Labute approximate surface area is 60.2 Å². The smallest absolute Gasteiger partial charge is 0.241 e. The van der Waals surface area contributed by atoms with Gasteiger partial charge in [0.05, 0.1) is 0 Å². The summed E-state index contributed by atoms with van der Waals surface area (Å²) in [6.07, 6.45) is 0. The molecule has 0 aromatic carbocycles. The predicted molar refractivity (Wildman–Crippen MR) is 34.0 cm³/mol. The number of rotatable bonds is 1. The number of tetrazole rings is 1. The van der Waals surface area contributed by atoms with Crippen LogP contribution in [0.3, 0.4) is 0 Å². The van der Waals surface area contributed by atoms with Gasteiger partial charge in [0.1, 0.15) is 0 Å². The Morgan fingerprint density at radius 1 is 1.27 bits per heavy atom. The zero-order valence-corrected chi connectivity index (χ0v) is 5.31. The molecule has 0 unspecified atom stereocenters. The first-order chi connectivity index (χ1) is 5.36. The van der Waals surface area contributed by atoms with Crippen LogP contribution in [0.5, 0.6) is 0 Å². The number of H-pyrrole nitrogens is 2. The maximum atomic E-state index is 5.25. The number of hydrogen-bond acceptors (Lipinski definition) is 6. The highest BCUT2D eigenvalue weighted by Gasteiger charge is 2.06. The second-order valence-corrected chi connectivity index (χ2v) is 1.78. The Bertz CT molecular complexity index is 332. The molecule has 0 saturated heterocycles. The number of aromatic nitrogens is 7. The molecule has 11 heavy (non-hydrogen) atoms. The molecule has 8 heteroatoms. The summed E-state index contributed by atoms with van der Waals surface area (Å²) in [6, 6.07) is 0. The van der Waals surface area contributed by atoms with Crippen molar-refractivity contribution in [3.05, 3.63) is 0 Å². The summed E-state index contributed by atoms with van der Waals surface area (Å²) in [5.74, 6) is 0.898. The van der Waals surface area contributed by atoms with Gasteiger partial charge >= 0.3 is 0 Å². The molecule has 2 rings (SSSR count). The van der Waals surface area contributed by atoms with Crippen LogP contribution < -0.4 is 5.73 Å². The van der Waals surface area contributed by atoms with Crippen LogP contribution in [0.1, 0.15) is 0 Å². The summed E-state index contributed by atoms with van der Waals surface area (Å²) in [5, 5.41) is 19.1. The fourth-order valence-corrected chi connectivity index (χ4v) is 0.637. The van der Waals surface area contributed by atoms with Crippen LogP contribution >= 0.6 is 0 Å². The van der Waals surface area contributed by atoms with Crippen LogP contribution in [0, 0.1) is 0 Å². The van der Waals surface area contributed by atoms with Crippen molar-refractivity contribution in [2.75, 3.05) is 5.73 Å². The van der Waals surface area contributed by atoms with E-state index in [1.165, 1.54) is 0 Å². The van der Waals surface area contributed by atoms with Crippen molar-refractivity contribution in [2.24, 2.45) is 0 Å². The van der Waals surface area contributed by atoms with Crippen LogP contribution in [0.15, 0.2) is 0 Å². The molecule has 0 atom stereocenters. The molecule has 0 amide bonds. The van der Waals surface area contributed by atoms with Crippen LogP contribution in [-0.2, 0) is 0 Å². The quantitative estimate of drug-likeness (QED) is 0.460. The number of nitrogens with one attached hydrogen (secondary N) is 2. The van der Waals surface area contributed by atoms with E-state index >= 15 is 0 Å². The first-order valence-corrected chi connectivity index (χ1v) is 2.78. The first kappa shape index (κ1) is 5.77. The highest BCUT2D eigenvalue weighted by Crippen LogP contribution is 2.04. The molecule has 0 saturated carbocycles. The van der Waals surface area contributed by atoms with E-state index in [0.717, 1.165) is 0 Å². The zero-order valence-electron chi connectivity index (χ0n) is 5.31. The Morgan fingerprint density at radius 3 is 2.73 bits per heavy atom. The molecule has 0 aliphatic heterocycles. The number of nitrogens with two attached hydrogens (primary N) is 1. The monoisotopic (exact) mass is 152 g/mol. The predicted octanol–water partition coefficient (Wildman–Crippen LogP) is -1.43.